The fourth-order valence-corrected chi connectivity index (χ4v) is 5.98. The van der Waals surface area contributed by atoms with E-state index in [-0.39, 0.29) is 11.8 Å². The van der Waals surface area contributed by atoms with Crippen LogP contribution in [0.25, 0.3) is 0 Å². The molecule has 3 heterocycles. The molecule has 0 saturated carbocycles. The summed E-state index contributed by atoms with van der Waals surface area (Å²) < 4.78 is 18.3. The van der Waals surface area contributed by atoms with Gasteiger partial charge >= 0.3 is 0 Å². The predicted molar refractivity (Wildman–Crippen MR) is 87.7 cm³/mol. The van der Waals surface area contributed by atoms with E-state index in [0.29, 0.717) is 19.0 Å². The van der Waals surface area contributed by atoms with Crippen LogP contribution in [0.3, 0.4) is 0 Å². The monoisotopic (exact) mass is 343 g/mol. The maximum Gasteiger partial charge on any atom is 0.227 e. The summed E-state index contributed by atoms with van der Waals surface area (Å²) >= 11 is 0. The van der Waals surface area contributed by atoms with Crippen LogP contribution in [0.15, 0.2) is 24.3 Å². The number of phenols is 1. The molecule has 2 unspecified atom stereocenters. The Hall–Kier alpha value is -1.60. The van der Waals surface area contributed by atoms with Crippen LogP contribution in [0.5, 0.6) is 11.5 Å². The van der Waals surface area contributed by atoms with Crippen molar-refractivity contribution < 1.29 is 24.4 Å². The summed E-state index contributed by atoms with van der Waals surface area (Å²) in [5, 5.41) is 22.4. The van der Waals surface area contributed by atoms with Crippen LogP contribution >= 0.6 is 0 Å². The van der Waals surface area contributed by atoms with Crippen molar-refractivity contribution in [1.82, 2.24) is 4.90 Å². The van der Waals surface area contributed by atoms with Gasteiger partial charge < -0.3 is 24.4 Å². The summed E-state index contributed by atoms with van der Waals surface area (Å²) in [6.07, 6.45) is 4.66. The molecule has 3 aliphatic heterocycles. The van der Waals surface area contributed by atoms with Crippen molar-refractivity contribution in [2.45, 2.75) is 41.8 Å². The highest BCUT2D eigenvalue weighted by atomic mass is 16.8. The van der Waals surface area contributed by atoms with E-state index in [1.807, 2.05) is 18.2 Å². The highest BCUT2D eigenvalue weighted by Gasteiger charge is 2.75. The van der Waals surface area contributed by atoms with Crippen molar-refractivity contribution in [2.24, 2.45) is 0 Å². The van der Waals surface area contributed by atoms with Crippen LogP contribution in [0.2, 0.25) is 0 Å². The molecule has 2 spiro atoms. The summed E-state index contributed by atoms with van der Waals surface area (Å²) in [4.78, 5) is 2.23. The molecule has 2 bridgehead atoms. The van der Waals surface area contributed by atoms with Gasteiger partial charge in [-0.2, -0.15) is 0 Å². The Morgan fingerprint density at radius 2 is 2.00 bits per heavy atom. The number of piperidine rings is 1. The molecule has 5 aliphatic rings. The number of likely N-dealkylation sites (N-methyl/N-ethyl adjacent to an activating group) is 1. The van der Waals surface area contributed by atoms with E-state index in [0.717, 1.165) is 30.5 Å². The van der Waals surface area contributed by atoms with E-state index in [1.165, 1.54) is 0 Å². The number of phenolic OH excluding ortho intramolecular Hbond substituents is 1. The van der Waals surface area contributed by atoms with Gasteiger partial charge in [0.1, 0.15) is 5.60 Å². The number of fused-ring (bicyclic) bond motifs is 1. The Kier molecular flexibility index (Phi) is 2.45. The van der Waals surface area contributed by atoms with Crippen LogP contribution < -0.4 is 4.74 Å². The van der Waals surface area contributed by atoms with E-state index in [9.17, 15) is 10.2 Å². The lowest BCUT2D eigenvalue weighted by Gasteiger charge is -2.62. The summed E-state index contributed by atoms with van der Waals surface area (Å²) in [7, 11) is 2.06. The quantitative estimate of drug-likeness (QED) is 0.676. The lowest BCUT2D eigenvalue weighted by Crippen LogP contribution is -2.77. The molecule has 6 heteroatoms. The molecule has 1 aromatic rings. The van der Waals surface area contributed by atoms with Crippen molar-refractivity contribution in [2.75, 3.05) is 26.8 Å². The van der Waals surface area contributed by atoms with Gasteiger partial charge in [-0.15, -0.1) is 0 Å². The third-order valence-corrected chi connectivity index (χ3v) is 7.05. The first-order valence-electron chi connectivity index (χ1n) is 8.95. The van der Waals surface area contributed by atoms with Crippen molar-refractivity contribution >= 4 is 0 Å². The van der Waals surface area contributed by atoms with Gasteiger partial charge in [0.2, 0.25) is 5.79 Å². The van der Waals surface area contributed by atoms with Gasteiger partial charge in [-0.1, -0.05) is 6.07 Å². The minimum absolute atomic E-state index is 0.0367. The highest BCUT2D eigenvalue weighted by Crippen LogP contribution is 2.66. The Bertz CT molecular complexity index is 816. The molecular formula is C19H21NO5. The first kappa shape index (κ1) is 14.6. The standard InChI is InChI=1S/C19H21NO5/c1-20-7-6-17-14-11-2-3-12(21)15(14)25-16(17)19(23-8-9-24-19)5-4-18(17,22)13(20)10-11/h2-5,13,16,21-22H,6-10H2,1H3/t13-,16?,17+,18?/m1/s1. The Labute approximate surface area is 145 Å². The van der Waals surface area contributed by atoms with Crippen molar-refractivity contribution in [3.8, 4) is 11.5 Å². The molecule has 0 radical (unpaired) electrons. The van der Waals surface area contributed by atoms with Gasteiger partial charge in [0.25, 0.3) is 0 Å². The maximum atomic E-state index is 11.9. The van der Waals surface area contributed by atoms with Gasteiger partial charge in [-0.25, -0.2) is 0 Å². The summed E-state index contributed by atoms with van der Waals surface area (Å²) in [5.74, 6) is -0.381. The second-order valence-electron chi connectivity index (χ2n) is 7.94. The number of ether oxygens (including phenoxy) is 3. The molecular weight excluding hydrogens is 322 g/mol. The molecule has 132 valence electrons. The molecule has 0 amide bonds. The van der Waals surface area contributed by atoms with Gasteiger partial charge in [0, 0.05) is 11.6 Å². The zero-order chi connectivity index (χ0) is 17.0. The molecule has 6 nitrogen and oxygen atoms in total. The maximum absolute atomic E-state index is 11.9. The third-order valence-electron chi connectivity index (χ3n) is 7.05. The molecule has 25 heavy (non-hydrogen) atoms. The molecule has 2 saturated heterocycles. The number of hydrogen-bond acceptors (Lipinski definition) is 6. The second-order valence-corrected chi connectivity index (χ2v) is 7.94. The SMILES string of the molecule is CN1CC[C@]23c4c5ccc(O)c4OC2C2(C=CC3(O)[C@H]1C5)OCCO2. The van der Waals surface area contributed by atoms with Gasteiger partial charge in [-0.05, 0) is 50.2 Å². The molecule has 1 aromatic carbocycles. The molecule has 2 aliphatic carbocycles. The number of likely N-dealkylation sites (tertiary alicyclic amines) is 1. The summed E-state index contributed by atoms with van der Waals surface area (Å²) in [6, 6.07) is 3.62. The fourth-order valence-electron chi connectivity index (χ4n) is 5.98. The van der Waals surface area contributed by atoms with E-state index in [1.54, 1.807) is 6.07 Å². The van der Waals surface area contributed by atoms with E-state index >= 15 is 0 Å². The van der Waals surface area contributed by atoms with Gasteiger partial charge in [-0.3, -0.25) is 4.90 Å². The summed E-state index contributed by atoms with van der Waals surface area (Å²) in [5.41, 5.74) is 0.356. The smallest absolute Gasteiger partial charge is 0.227 e. The Morgan fingerprint density at radius 1 is 1.20 bits per heavy atom. The predicted octanol–water partition coefficient (Wildman–Crippen LogP) is 0.695. The van der Waals surface area contributed by atoms with Crippen molar-refractivity contribution in [3.05, 3.63) is 35.4 Å². The molecule has 6 rings (SSSR count). The number of nitrogens with zero attached hydrogens (tertiary/aromatic N) is 1. The highest BCUT2D eigenvalue weighted by molar-refractivity contribution is 5.64. The number of hydrogen-bond donors (Lipinski definition) is 2. The zero-order valence-corrected chi connectivity index (χ0v) is 14.1. The van der Waals surface area contributed by atoms with E-state index in [4.69, 9.17) is 14.2 Å². The van der Waals surface area contributed by atoms with Crippen molar-refractivity contribution in [1.29, 1.82) is 0 Å². The second kappa shape index (κ2) is 4.20. The van der Waals surface area contributed by atoms with Crippen LogP contribution in [0, 0.1) is 0 Å². The first-order chi connectivity index (χ1) is 12.0. The lowest BCUT2D eigenvalue weighted by molar-refractivity contribution is -0.237. The molecule has 2 fully saturated rings. The van der Waals surface area contributed by atoms with Gasteiger partial charge in [0.05, 0.1) is 18.6 Å². The number of benzene rings is 1. The van der Waals surface area contributed by atoms with E-state index in [2.05, 4.69) is 11.9 Å². The number of aromatic hydroxyl groups is 1. The molecule has 0 aromatic heterocycles. The number of aliphatic hydroxyl groups is 1. The van der Waals surface area contributed by atoms with Crippen LogP contribution in [-0.2, 0) is 21.3 Å². The lowest BCUT2D eigenvalue weighted by atomic mass is 9.50. The Morgan fingerprint density at radius 3 is 2.80 bits per heavy atom. The third kappa shape index (κ3) is 1.37. The molecule has 4 atom stereocenters. The van der Waals surface area contributed by atoms with Crippen LogP contribution in [-0.4, -0.2) is 65.5 Å². The minimum atomic E-state index is -1.07. The Balaban J connectivity index is 1.70. The minimum Gasteiger partial charge on any atom is -0.504 e. The van der Waals surface area contributed by atoms with Gasteiger partial charge in [0.15, 0.2) is 17.6 Å². The average Bonchev–Trinajstić information content (AvgIpc) is 3.19. The van der Waals surface area contributed by atoms with E-state index < -0.39 is 22.9 Å². The largest absolute Gasteiger partial charge is 0.504 e. The zero-order valence-electron chi connectivity index (χ0n) is 14.1. The van der Waals surface area contributed by atoms with Crippen molar-refractivity contribution in [3.63, 3.8) is 0 Å². The fraction of sp³-hybridized carbons (Fsp3) is 0.579. The average molecular weight is 343 g/mol. The molecule has 2 N–H and O–H groups in total. The normalized spacial score (nSPS) is 42.5. The van der Waals surface area contributed by atoms with Crippen LogP contribution in [0.4, 0.5) is 0 Å². The summed E-state index contributed by atoms with van der Waals surface area (Å²) in [6.45, 7) is 1.85. The number of rotatable bonds is 0. The first-order valence-corrected chi connectivity index (χ1v) is 8.95. The topological polar surface area (TPSA) is 71.4 Å². The van der Waals surface area contributed by atoms with Crippen LogP contribution in [0.1, 0.15) is 17.5 Å².